The second-order valence-electron chi connectivity index (χ2n) is 3.60. The number of anilines is 1. The van der Waals surface area contributed by atoms with Gasteiger partial charge in [-0.2, -0.15) is 0 Å². The van der Waals surface area contributed by atoms with Gasteiger partial charge < -0.3 is 10.3 Å². The summed E-state index contributed by atoms with van der Waals surface area (Å²) in [7, 11) is 0. The molecule has 0 bridgehead atoms. The third-order valence-electron chi connectivity index (χ3n) is 2.43. The smallest absolute Gasteiger partial charge is 0.290 e. The third kappa shape index (κ3) is 1.84. The summed E-state index contributed by atoms with van der Waals surface area (Å²) in [6.45, 7) is 3.92. The van der Waals surface area contributed by atoms with E-state index in [9.17, 15) is 4.79 Å². The average molecular weight is 191 g/mol. The molecule has 2 N–H and O–H groups in total. The van der Waals surface area contributed by atoms with Gasteiger partial charge in [0.2, 0.25) is 0 Å². The molecule has 1 atom stereocenters. The van der Waals surface area contributed by atoms with E-state index < -0.39 is 0 Å². The van der Waals surface area contributed by atoms with Gasteiger partial charge in [-0.1, -0.05) is 12.2 Å². The maximum Gasteiger partial charge on any atom is 0.290 e. The Balaban J connectivity index is 2.08. The summed E-state index contributed by atoms with van der Waals surface area (Å²) in [6, 6.07) is 0.318. The van der Waals surface area contributed by atoms with Crippen molar-refractivity contribution in [1.82, 2.24) is 9.97 Å². The van der Waals surface area contributed by atoms with Crippen LogP contribution in [0.3, 0.4) is 0 Å². The number of hydrogen-bond acceptors (Lipinski definition) is 3. The fourth-order valence-corrected chi connectivity index (χ4v) is 1.70. The summed E-state index contributed by atoms with van der Waals surface area (Å²) < 4.78 is 0. The highest BCUT2D eigenvalue weighted by Gasteiger charge is 2.18. The summed E-state index contributed by atoms with van der Waals surface area (Å²) in [5, 5.41) is 3.12. The Bertz CT molecular complexity index is 396. The van der Waals surface area contributed by atoms with E-state index in [2.05, 4.69) is 21.9 Å². The highest BCUT2D eigenvalue weighted by Crippen LogP contribution is 2.24. The highest BCUT2D eigenvalue weighted by atomic mass is 16.1. The lowest BCUT2D eigenvalue weighted by atomic mass is 10.2. The van der Waals surface area contributed by atoms with Gasteiger partial charge in [0.1, 0.15) is 0 Å². The molecule has 0 amide bonds. The number of rotatable bonds is 2. The van der Waals surface area contributed by atoms with Gasteiger partial charge in [-0.3, -0.25) is 4.79 Å². The van der Waals surface area contributed by atoms with E-state index in [0.29, 0.717) is 11.9 Å². The molecular formula is C10H13N3O. The van der Waals surface area contributed by atoms with Gasteiger partial charge in [-0.15, -0.1) is 0 Å². The number of nitrogens with one attached hydrogen (secondary N) is 2. The molecule has 1 aromatic heterocycles. The predicted molar refractivity (Wildman–Crippen MR) is 55.3 cm³/mol. The van der Waals surface area contributed by atoms with Gasteiger partial charge in [-0.25, -0.2) is 4.98 Å². The van der Waals surface area contributed by atoms with Crippen molar-refractivity contribution in [3.63, 3.8) is 0 Å². The van der Waals surface area contributed by atoms with Crippen molar-refractivity contribution in [2.45, 2.75) is 25.3 Å². The molecular weight excluding hydrogens is 178 g/mol. The van der Waals surface area contributed by atoms with Crippen molar-refractivity contribution < 1.29 is 0 Å². The largest absolute Gasteiger partial charge is 0.362 e. The van der Waals surface area contributed by atoms with Crippen LogP contribution >= 0.6 is 0 Å². The monoisotopic (exact) mass is 191 g/mol. The molecule has 4 heteroatoms. The van der Waals surface area contributed by atoms with E-state index in [0.717, 1.165) is 19.3 Å². The summed E-state index contributed by atoms with van der Waals surface area (Å²) in [6.07, 6.45) is 6.13. The standard InChI is InChI=1S/C10H13N3O/c1-7-2-3-8(6-7)13-9-10(14)12-5-4-11-9/h4-5,8H,1-3,6H2,(H,11,13)(H,12,14)/t8-/m0/s1. The lowest BCUT2D eigenvalue weighted by molar-refractivity contribution is 0.753. The van der Waals surface area contributed by atoms with Gasteiger partial charge in [0.15, 0.2) is 5.82 Å². The van der Waals surface area contributed by atoms with Crippen LogP contribution in [-0.2, 0) is 0 Å². The molecule has 74 valence electrons. The quantitative estimate of drug-likeness (QED) is 0.692. The number of nitrogens with zero attached hydrogens (tertiary/aromatic N) is 1. The van der Waals surface area contributed by atoms with E-state index >= 15 is 0 Å². The second kappa shape index (κ2) is 3.65. The van der Waals surface area contributed by atoms with Gasteiger partial charge in [0.25, 0.3) is 5.56 Å². The molecule has 14 heavy (non-hydrogen) atoms. The minimum atomic E-state index is -0.162. The van der Waals surface area contributed by atoms with E-state index in [1.807, 2.05) is 0 Å². The van der Waals surface area contributed by atoms with Crippen LogP contribution in [0.4, 0.5) is 5.82 Å². The SMILES string of the molecule is C=C1CC[C@H](Nc2ncc[nH]c2=O)C1. The highest BCUT2D eigenvalue weighted by molar-refractivity contribution is 5.33. The van der Waals surface area contributed by atoms with Crippen LogP contribution in [0.15, 0.2) is 29.3 Å². The van der Waals surface area contributed by atoms with Crippen molar-refractivity contribution in [3.8, 4) is 0 Å². The number of aromatic nitrogens is 2. The molecule has 0 radical (unpaired) electrons. The number of hydrogen-bond donors (Lipinski definition) is 2. The normalized spacial score (nSPS) is 21.1. The minimum Gasteiger partial charge on any atom is -0.362 e. The third-order valence-corrected chi connectivity index (χ3v) is 2.43. The Kier molecular flexibility index (Phi) is 2.35. The Morgan fingerprint density at radius 3 is 3.14 bits per heavy atom. The molecule has 4 nitrogen and oxygen atoms in total. The van der Waals surface area contributed by atoms with Gasteiger partial charge >= 0.3 is 0 Å². The maximum atomic E-state index is 11.3. The van der Waals surface area contributed by atoms with Crippen molar-refractivity contribution in [2.24, 2.45) is 0 Å². The van der Waals surface area contributed by atoms with Crippen molar-refractivity contribution in [2.75, 3.05) is 5.32 Å². The zero-order valence-electron chi connectivity index (χ0n) is 7.92. The van der Waals surface area contributed by atoms with Crippen LogP contribution < -0.4 is 10.9 Å². The van der Waals surface area contributed by atoms with E-state index in [4.69, 9.17) is 0 Å². The molecule has 1 heterocycles. The maximum absolute atomic E-state index is 11.3. The van der Waals surface area contributed by atoms with E-state index in [1.165, 1.54) is 11.8 Å². The van der Waals surface area contributed by atoms with Gasteiger partial charge in [-0.05, 0) is 19.3 Å². The average Bonchev–Trinajstić information content (AvgIpc) is 2.56. The Morgan fingerprint density at radius 2 is 2.50 bits per heavy atom. The molecule has 1 aliphatic carbocycles. The van der Waals surface area contributed by atoms with Crippen LogP contribution in [0.2, 0.25) is 0 Å². The van der Waals surface area contributed by atoms with Crippen molar-refractivity contribution in [3.05, 3.63) is 34.9 Å². The Morgan fingerprint density at radius 1 is 1.64 bits per heavy atom. The lowest BCUT2D eigenvalue weighted by Crippen LogP contribution is -2.22. The first-order valence-electron chi connectivity index (χ1n) is 4.72. The summed E-state index contributed by atoms with van der Waals surface area (Å²) in [5.74, 6) is 0.409. The van der Waals surface area contributed by atoms with Crippen LogP contribution in [0.5, 0.6) is 0 Å². The number of H-pyrrole nitrogens is 1. The molecule has 0 unspecified atom stereocenters. The Labute approximate surface area is 82.1 Å². The zero-order chi connectivity index (χ0) is 9.97. The number of aromatic amines is 1. The van der Waals surface area contributed by atoms with E-state index in [1.54, 1.807) is 6.20 Å². The van der Waals surface area contributed by atoms with Crippen molar-refractivity contribution in [1.29, 1.82) is 0 Å². The molecule has 1 aliphatic rings. The molecule has 0 aromatic carbocycles. The molecule has 0 aliphatic heterocycles. The fraction of sp³-hybridized carbons (Fsp3) is 0.400. The van der Waals surface area contributed by atoms with Crippen LogP contribution in [-0.4, -0.2) is 16.0 Å². The summed E-state index contributed by atoms with van der Waals surface area (Å²) in [5.41, 5.74) is 1.08. The van der Waals surface area contributed by atoms with Crippen LogP contribution in [0, 0.1) is 0 Å². The van der Waals surface area contributed by atoms with E-state index in [-0.39, 0.29) is 5.56 Å². The molecule has 0 spiro atoms. The fourth-order valence-electron chi connectivity index (χ4n) is 1.70. The first kappa shape index (κ1) is 8.99. The molecule has 1 saturated carbocycles. The van der Waals surface area contributed by atoms with Gasteiger partial charge in [0.05, 0.1) is 0 Å². The molecule has 1 aromatic rings. The molecule has 0 saturated heterocycles. The topological polar surface area (TPSA) is 57.8 Å². The van der Waals surface area contributed by atoms with Crippen LogP contribution in [0.1, 0.15) is 19.3 Å². The summed E-state index contributed by atoms with van der Waals surface area (Å²) >= 11 is 0. The zero-order valence-corrected chi connectivity index (χ0v) is 7.92. The molecule has 2 rings (SSSR count). The first-order chi connectivity index (χ1) is 6.75. The summed E-state index contributed by atoms with van der Waals surface area (Å²) in [4.78, 5) is 17.8. The lowest BCUT2D eigenvalue weighted by Gasteiger charge is -2.10. The first-order valence-corrected chi connectivity index (χ1v) is 4.72. The molecule has 1 fully saturated rings. The second-order valence-corrected chi connectivity index (χ2v) is 3.60. The minimum absolute atomic E-state index is 0.162. The van der Waals surface area contributed by atoms with Gasteiger partial charge in [0, 0.05) is 18.4 Å². The van der Waals surface area contributed by atoms with Crippen LogP contribution in [0.25, 0.3) is 0 Å². The Hall–Kier alpha value is -1.58. The van der Waals surface area contributed by atoms with Crippen molar-refractivity contribution >= 4 is 5.82 Å². The predicted octanol–water partition coefficient (Wildman–Crippen LogP) is 1.29.